The Morgan fingerprint density at radius 2 is 2.33 bits per heavy atom. The lowest BCUT2D eigenvalue weighted by Gasteiger charge is -2.37. The van der Waals surface area contributed by atoms with E-state index in [-0.39, 0.29) is 24.0 Å². The van der Waals surface area contributed by atoms with Crippen LogP contribution in [0.3, 0.4) is 0 Å². The maximum absolute atomic E-state index is 12.6. The molecule has 1 amide bonds. The van der Waals surface area contributed by atoms with E-state index in [4.69, 9.17) is 0 Å². The number of fused-ring (bicyclic) bond motifs is 1. The minimum atomic E-state index is -0.254. The quantitative estimate of drug-likeness (QED) is 0.849. The summed E-state index contributed by atoms with van der Waals surface area (Å²) in [5, 5.41) is 15.8. The van der Waals surface area contributed by atoms with Crippen molar-refractivity contribution >= 4 is 22.8 Å². The predicted octanol–water partition coefficient (Wildman–Crippen LogP) is 1.66. The zero-order valence-electron chi connectivity index (χ0n) is 13.3. The Kier molecular flexibility index (Phi) is 4.28. The van der Waals surface area contributed by atoms with Gasteiger partial charge in [0.2, 0.25) is 5.91 Å². The molecule has 7 heteroatoms. The number of aliphatic hydroxyl groups is 1. The van der Waals surface area contributed by atoms with Crippen LogP contribution in [-0.2, 0) is 4.79 Å². The average molecular weight is 344 g/mol. The molecule has 24 heavy (non-hydrogen) atoms. The average Bonchev–Trinajstić information content (AvgIpc) is 3.16. The van der Waals surface area contributed by atoms with Gasteiger partial charge in [0.25, 0.3) is 0 Å². The molecular weight excluding hydrogens is 324 g/mol. The van der Waals surface area contributed by atoms with Gasteiger partial charge in [-0.05, 0) is 36.3 Å². The van der Waals surface area contributed by atoms with Gasteiger partial charge in [0.05, 0.1) is 30.8 Å². The minimum absolute atomic E-state index is 0.00737. The number of carbonyl (C=O) groups is 1. The summed E-state index contributed by atoms with van der Waals surface area (Å²) < 4.78 is 0. The summed E-state index contributed by atoms with van der Waals surface area (Å²) in [7, 11) is 0. The van der Waals surface area contributed by atoms with Crippen molar-refractivity contribution in [2.45, 2.75) is 31.4 Å². The number of aliphatic hydroxyl groups excluding tert-OH is 1. The van der Waals surface area contributed by atoms with Crippen molar-refractivity contribution in [2.24, 2.45) is 10.9 Å². The lowest BCUT2D eigenvalue weighted by Crippen LogP contribution is -2.42. The second-order valence-corrected chi connectivity index (χ2v) is 7.24. The topological polar surface area (TPSA) is 77.8 Å². The van der Waals surface area contributed by atoms with E-state index in [0.717, 1.165) is 29.6 Å². The molecule has 1 fully saturated rings. The predicted molar refractivity (Wildman–Crippen MR) is 93.2 cm³/mol. The number of carbonyl (C=O) groups excluding carboxylic acids is 1. The Balaban J connectivity index is 1.43. The van der Waals surface area contributed by atoms with Crippen molar-refractivity contribution in [3.8, 4) is 0 Å². The molecule has 3 heterocycles. The summed E-state index contributed by atoms with van der Waals surface area (Å²) in [6, 6.07) is 5.60. The van der Waals surface area contributed by atoms with Crippen LogP contribution in [0, 0.1) is 5.92 Å². The van der Waals surface area contributed by atoms with Crippen molar-refractivity contribution in [3.63, 3.8) is 0 Å². The van der Waals surface area contributed by atoms with Crippen molar-refractivity contribution in [2.75, 3.05) is 13.1 Å². The molecule has 0 saturated heterocycles. The van der Waals surface area contributed by atoms with Crippen LogP contribution in [0.5, 0.6) is 0 Å². The maximum atomic E-state index is 12.6. The smallest absolute Gasteiger partial charge is 0.226 e. The highest BCUT2D eigenvalue weighted by Crippen LogP contribution is 2.38. The number of hydrogen-bond donors (Lipinski definition) is 2. The van der Waals surface area contributed by atoms with E-state index < -0.39 is 0 Å². The van der Waals surface area contributed by atoms with E-state index in [9.17, 15) is 9.90 Å². The van der Waals surface area contributed by atoms with Gasteiger partial charge in [-0.2, -0.15) is 0 Å². The Morgan fingerprint density at radius 3 is 3.08 bits per heavy atom. The lowest BCUT2D eigenvalue weighted by atomic mass is 9.76. The lowest BCUT2D eigenvalue weighted by molar-refractivity contribution is -0.122. The highest BCUT2D eigenvalue weighted by atomic mass is 32.2. The number of aromatic nitrogens is 1. The summed E-state index contributed by atoms with van der Waals surface area (Å²) >= 11 is 1.59. The molecular formula is C17H20N4O2S. The van der Waals surface area contributed by atoms with Gasteiger partial charge in [-0.15, -0.1) is 0 Å². The van der Waals surface area contributed by atoms with Crippen LogP contribution in [0.15, 0.2) is 40.5 Å². The van der Waals surface area contributed by atoms with E-state index in [1.54, 1.807) is 18.0 Å². The van der Waals surface area contributed by atoms with Crippen molar-refractivity contribution in [1.29, 1.82) is 0 Å². The molecule has 2 aliphatic heterocycles. The third kappa shape index (κ3) is 3.06. The summed E-state index contributed by atoms with van der Waals surface area (Å²) in [4.78, 5) is 23.5. The molecule has 0 spiro atoms. The third-order valence-electron chi connectivity index (χ3n) is 4.73. The molecule has 2 N–H and O–H groups in total. The highest BCUT2D eigenvalue weighted by molar-refractivity contribution is 8.16. The number of pyridine rings is 1. The molecule has 0 radical (unpaired) electrons. The molecule has 1 saturated carbocycles. The number of nitrogens with zero attached hydrogens (tertiary/aromatic N) is 3. The second kappa shape index (κ2) is 6.57. The molecule has 1 aromatic rings. The van der Waals surface area contributed by atoms with E-state index >= 15 is 0 Å². The van der Waals surface area contributed by atoms with Gasteiger partial charge in [-0.25, -0.2) is 0 Å². The highest BCUT2D eigenvalue weighted by Gasteiger charge is 2.37. The first-order valence-corrected chi connectivity index (χ1v) is 9.15. The monoisotopic (exact) mass is 344 g/mol. The van der Waals surface area contributed by atoms with Crippen LogP contribution in [-0.4, -0.2) is 45.3 Å². The standard InChI is InChI=1S/C17H20N4O2S/c22-13-7-11(8-13)16(14-3-1-2-4-18-14)20-15(23)9-12-10-24-17-19-5-6-21(12)17/h1-4,10-11,13,16,22H,5-9H2,(H,20,23)/t11?,13?,16-/m0/s1. The van der Waals surface area contributed by atoms with E-state index in [1.807, 2.05) is 23.6 Å². The van der Waals surface area contributed by atoms with E-state index in [0.29, 0.717) is 19.3 Å². The minimum Gasteiger partial charge on any atom is -0.393 e. The van der Waals surface area contributed by atoms with Crippen LogP contribution in [0.25, 0.3) is 0 Å². The van der Waals surface area contributed by atoms with Gasteiger partial charge in [-0.1, -0.05) is 17.8 Å². The fourth-order valence-corrected chi connectivity index (χ4v) is 4.35. The SMILES string of the molecule is O=C(CC1=CSC2=NCCN12)N[C@H](c1ccccn1)C1CC(O)C1. The number of amides is 1. The van der Waals surface area contributed by atoms with Gasteiger partial charge >= 0.3 is 0 Å². The molecule has 1 aromatic heterocycles. The summed E-state index contributed by atoms with van der Waals surface area (Å²) in [5.41, 5.74) is 1.88. The Bertz CT molecular complexity index is 685. The van der Waals surface area contributed by atoms with Crippen LogP contribution in [0.2, 0.25) is 0 Å². The normalized spacial score (nSPS) is 26.3. The molecule has 0 bridgehead atoms. The number of thioether (sulfide) groups is 1. The van der Waals surface area contributed by atoms with Crippen LogP contribution >= 0.6 is 11.8 Å². The first-order valence-electron chi connectivity index (χ1n) is 8.27. The fourth-order valence-electron chi connectivity index (χ4n) is 3.40. The maximum Gasteiger partial charge on any atom is 0.226 e. The molecule has 6 nitrogen and oxygen atoms in total. The van der Waals surface area contributed by atoms with Gasteiger partial charge < -0.3 is 15.3 Å². The van der Waals surface area contributed by atoms with Crippen LogP contribution in [0.4, 0.5) is 0 Å². The van der Waals surface area contributed by atoms with Gasteiger partial charge in [-0.3, -0.25) is 14.8 Å². The molecule has 126 valence electrons. The molecule has 0 unspecified atom stereocenters. The first-order chi connectivity index (χ1) is 11.7. The fraction of sp³-hybridized carbons (Fsp3) is 0.471. The zero-order valence-corrected chi connectivity index (χ0v) is 14.1. The van der Waals surface area contributed by atoms with Gasteiger partial charge in [0, 0.05) is 18.4 Å². The third-order valence-corrected chi connectivity index (χ3v) is 5.68. The Labute approximate surface area is 145 Å². The molecule has 0 aromatic carbocycles. The number of amidine groups is 1. The Morgan fingerprint density at radius 1 is 1.46 bits per heavy atom. The largest absolute Gasteiger partial charge is 0.393 e. The van der Waals surface area contributed by atoms with Crippen molar-refractivity contribution < 1.29 is 9.90 Å². The molecule has 3 aliphatic rings. The molecule has 1 aliphatic carbocycles. The second-order valence-electron chi connectivity index (χ2n) is 6.40. The van der Waals surface area contributed by atoms with Crippen LogP contribution < -0.4 is 5.32 Å². The molecule has 1 atom stereocenters. The number of nitrogens with one attached hydrogen (secondary N) is 1. The zero-order chi connectivity index (χ0) is 16.5. The van der Waals surface area contributed by atoms with E-state index in [2.05, 4.69) is 20.2 Å². The Hall–Kier alpha value is -1.86. The number of hydrogen-bond acceptors (Lipinski definition) is 6. The van der Waals surface area contributed by atoms with Crippen molar-refractivity contribution in [1.82, 2.24) is 15.2 Å². The number of aliphatic imine (C=N–C) groups is 1. The number of rotatable bonds is 5. The summed E-state index contributed by atoms with van der Waals surface area (Å²) in [5.74, 6) is 0.238. The van der Waals surface area contributed by atoms with E-state index in [1.165, 1.54) is 0 Å². The first kappa shape index (κ1) is 15.7. The summed E-state index contributed by atoms with van der Waals surface area (Å²) in [6.07, 6.45) is 3.26. The molecule has 4 rings (SSSR count). The van der Waals surface area contributed by atoms with Crippen molar-refractivity contribution in [3.05, 3.63) is 41.2 Å². The summed E-state index contributed by atoms with van der Waals surface area (Å²) in [6.45, 7) is 1.66. The van der Waals surface area contributed by atoms with Gasteiger partial charge in [0.15, 0.2) is 5.17 Å². The van der Waals surface area contributed by atoms with Crippen LogP contribution in [0.1, 0.15) is 31.0 Å². The van der Waals surface area contributed by atoms with Gasteiger partial charge in [0.1, 0.15) is 0 Å².